The summed E-state index contributed by atoms with van der Waals surface area (Å²) >= 11 is 1.12. The van der Waals surface area contributed by atoms with Gasteiger partial charge in [-0.3, -0.25) is 10.1 Å². The Bertz CT molecular complexity index is 598. The Balaban J connectivity index is 2.04. The third kappa shape index (κ3) is 3.67. The summed E-state index contributed by atoms with van der Waals surface area (Å²) in [6.45, 7) is 4.35. The Labute approximate surface area is 120 Å². The van der Waals surface area contributed by atoms with Crippen LogP contribution in [0.1, 0.15) is 19.4 Å². The Morgan fingerprint density at radius 3 is 3.00 bits per heavy atom. The quantitative estimate of drug-likeness (QED) is 0.652. The summed E-state index contributed by atoms with van der Waals surface area (Å²) in [5.41, 5.74) is 1.64. The second-order valence-corrected chi connectivity index (χ2v) is 5.32. The van der Waals surface area contributed by atoms with Gasteiger partial charge in [0.1, 0.15) is 0 Å². The molecule has 0 aliphatic heterocycles. The molecule has 20 heavy (non-hydrogen) atoms. The van der Waals surface area contributed by atoms with Crippen molar-refractivity contribution in [2.75, 3.05) is 5.32 Å². The minimum Gasteiger partial charge on any atom is -0.473 e. The number of nitro groups is 1. The van der Waals surface area contributed by atoms with Crippen LogP contribution in [-0.4, -0.2) is 16.0 Å². The Morgan fingerprint density at radius 1 is 1.55 bits per heavy atom. The van der Waals surface area contributed by atoms with Gasteiger partial charge in [-0.05, 0) is 31.5 Å². The molecule has 2 aromatic heterocycles. The topological polar surface area (TPSA) is 77.3 Å². The fourth-order valence-corrected chi connectivity index (χ4v) is 2.32. The lowest BCUT2D eigenvalue weighted by molar-refractivity contribution is -0.380. The maximum absolute atomic E-state index is 10.6. The fourth-order valence-electron chi connectivity index (χ4n) is 1.59. The van der Waals surface area contributed by atoms with E-state index < -0.39 is 0 Å². The zero-order valence-electron chi connectivity index (χ0n) is 11.2. The van der Waals surface area contributed by atoms with Crippen molar-refractivity contribution in [1.29, 1.82) is 0 Å². The summed E-state index contributed by atoms with van der Waals surface area (Å²) in [7, 11) is 0. The first-order valence-electron chi connectivity index (χ1n) is 6.13. The molecule has 0 aliphatic rings. The molecule has 106 valence electrons. The molecular formula is C13H15N3O3S. The van der Waals surface area contributed by atoms with Crippen molar-refractivity contribution >= 4 is 22.0 Å². The Morgan fingerprint density at radius 2 is 2.35 bits per heavy atom. The molecule has 0 fully saturated rings. The van der Waals surface area contributed by atoms with Gasteiger partial charge in [-0.25, -0.2) is 4.98 Å². The highest BCUT2D eigenvalue weighted by Gasteiger charge is 2.11. The molecule has 1 N–H and O–H groups in total. The van der Waals surface area contributed by atoms with Crippen LogP contribution in [0.2, 0.25) is 0 Å². The lowest BCUT2D eigenvalue weighted by atomic mass is 10.3. The van der Waals surface area contributed by atoms with E-state index in [1.807, 2.05) is 26.0 Å². The lowest BCUT2D eigenvalue weighted by Crippen LogP contribution is -2.09. The van der Waals surface area contributed by atoms with Crippen LogP contribution >= 0.6 is 11.3 Å². The highest BCUT2D eigenvalue weighted by molar-refractivity contribution is 7.13. The van der Waals surface area contributed by atoms with Gasteiger partial charge in [0.2, 0.25) is 5.88 Å². The average Bonchev–Trinajstić information content (AvgIpc) is 2.86. The summed E-state index contributed by atoms with van der Waals surface area (Å²) in [6, 6.07) is 5.24. The SMILES string of the molecule is CC(C)Oc1ncccc1NCc1csc([N+](=O)[O-])c1. The molecule has 2 rings (SSSR count). The van der Waals surface area contributed by atoms with Crippen molar-refractivity contribution in [1.82, 2.24) is 4.98 Å². The van der Waals surface area contributed by atoms with Gasteiger partial charge >= 0.3 is 5.00 Å². The molecule has 6 nitrogen and oxygen atoms in total. The summed E-state index contributed by atoms with van der Waals surface area (Å²) < 4.78 is 5.60. The number of rotatable bonds is 6. The fraction of sp³-hybridized carbons (Fsp3) is 0.308. The highest BCUT2D eigenvalue weighted by atomic mass is 32.1. The summed E-state index contributed by atoms with van der Waals surface area (Å²) in [5, 5.41) is 15.7. The molecular weight excluding hydrogens is 278 g/mol. The molecule has 0 atom stereocenters. The van der Waals surface area contributed by atoms with Crippen LogP contribution < -0.4 is 10.1 Å². The van der Waals surface area contributed by atoms with Gasteiger partial charge in [0.15, 0.2) is 0 Å². The third-order valence-corrected chi connectivity index (χ3v) is 3.35. The maximum atomic E-state index is 10.6. The number of anilines is 1. The van der Waals surface area contributed by atoms with E-state index in [9.17, 15) is 10.1 Å². The molecule has 7 heteroatoms. The zero-order chi connectivity index (χ0) is 14.5. The molecule has 0 amide bonds. The van der Waals surface area contributed by atoms with E-state index in [1.165, 1.54) is 0 Å². The van der Waals surface area contributed by atoms with Gasteiger partial charge in [0.25, 0.3) is 0 Å². The van der Waals surface area contributed by atoms with Crippen molar-refractivity contribution in [3.8, 4) is 5.88 Å². The predicted octanol–water partition coefficient (Wildman–Crippen LogP) is 3.45. The number of ether oxygens (including phenoxy) is 1. The molecule has 0 aromatic carbocycles. The van der Waals surface area contributed by atoms with Crippen molar-refractivity contribution in [3.63, 3.8) is 0 Å². The van der Waals surface area contributed by atoms with Crippen LogP contribution in [0.3, 0.4) is 0 Å². The first-order chi connectivity index (χ1) is 9.56. The van der Waals surface area contributed by atoms with E-state index in [4.69, 9.17) is 4.74 Å². The standard InChI is InChI=1S/C13H15N3O3S/c1-9(2)19-13-11(4-3-5-14-13)15-7-10-6-12(16(17)18)20-8-10/h3-6,8-9,15H,7H2,1-2H3. The van der Waals surface area contributed by atoms with Crippen molar-refractivity contribution in [2.45, 2.75) is 26.5 Å². The first kappa shape index (κ1) is 14.3. The molecule has 0 unspecified atom stereocenters. The van der Waals surface area contributed by atoms with Gasteiger partial charge < -0.3 is 10.1 Å². The van der Waals surface area contributed by atoms with Gasteiger partial charge in [-0.1, -0.05) is 11.3 Å². The largest absolute Gasteiger partial charge is 0.473 e. The second-order valence-electron chi connectivity index (χ2n) is 4.43. The average molecular weight is 293 g/mol. The van der Waals surface area contributed by atoms with Gasteiger partial charge in [-0.2, -0.15) is 0 Å². The smallest absolute Gasteiger partial charge is 0.324 e. The monoisotopic (exact) mass is 293 g/mol. The lowest BCUT2D eigenvalue weighted by Gasteiger charge is -2.13. The molecule has 2 aromatic rings. The molecule has 0 aliphatic carbocycles. The molecule has 0 radical (unpaired) electrons. The highest BCUT2D eigenvalue weighted by Crippen LogP contribution is 2.25. The van der Waals surface area contributed by atoms with E-state index in [1.54, 1.807) is 17.6 Å². The number of thiophene rings is 1. The minimum atomic E-state index is -0.383. The van der Waals surface area contributed by atoms with Crippen molar-refractivity contribution < 1.29 is 9.66 Å². The number of hydrogen-bond donors (Lipinski definition) is 1. The van der Waals surface area contributed by atoms with Crippen LogP contribution in [0.5, 0.6) is 5.88 Å². The van der Waals surface area contributed by atoms with Crippen molar-refractivity contribution in [3.05, 3.63) is 45.5 Å². The van der Waals surface area contributed by atoms with Crippen LogP contribution in [0.15, 0.2) is 29.8 Å². The number of pyridine rings is 1. The van der Waals surface area contributed by atoms with Crippen LogP contribution in [0, 0.1) is 10.1 Å². The van der Waals surface area contributed by atoms with E-state index >= 15 is 0 Å². The summed E-state index contributed by atoms with van der Waals surface area (Å²) in [6.07, 6.45) is 1.70. The first-order valence-corrected chi connectivity index (χ1v) is 7.01. The zero-order valence-corrected chi connectivity index (χ0v) is 12.0. The van der Waals surface area contributed by atoms with E-state index in [0.717, 1.165) is 22.6 Å². The molecule has 0 saturated heterocycles. The van der Waals surface area contributed by atoms with E-state index in [-0.39, 0.29) is 16.0 Å². The molecule has 0 spiro atoms. The summed E-state index contributed by atoms with van der Waals surface area (Å²) in [4.78, 5) is 14.4. The van der Waals surface area contributed by atoms with Gasteiger partial charge in [0, 0.05) is 24.2 Å². The van der Waals surface area contributed by atoms with Gasteiger partial charge in [-0.15, -0.1) is 0 Å². The van der Waals surface area contributed by atoms with E-state index in [2.05, 4.69) is 10.3 Å². The van der Waals surface area contributed by atoms with Crippen molar-refractivity contribution in [2.24, 2.45) is 0 Å². The van der Waals surface area contributed by atoms with Gasteiger partial charge in [0.05, 0.1) is 16.7 Å². The minimum absolute atomic E-state index is 0.0349. The molecule has 2 heterocycles. The van der Waals surface area contributed by atoms with Crippen LogP contribution in [-0.2, 0) is 6.54 Å². The third-order valence-electron chi connectivity index (χ3n) is 2.42. The number of aromatic nitrogens is 1. The maximum Gasteiger partial charge on any atom is 0.324 e. The van der Waals surface area contributed by atoms with E-state index in [0.29, 0.717) is 12.4 Å². The Kier molecular flexibility index (Phi) is 4.52. The number of nitrogens with zero attached hydrogens (tertiary/aromatic N) is 2. The second kappa shape index (κ2) is 6.33. The predicted molar refractivity (Wildman–Crippen MR) is 78.3 cm³/mol. The number of hydrogen-bond acceptors (Lipinski definition) is 6. The van der Waals surface area contributed by atoms with Crippen LogP contribution in [0.25, 0.3) is 0 Å². The normalized spacial score (nSPS) is 10.6. The number of nitrogens with one attached hydrogen (secondary N) is 1. The molecule has 0 saturated carbocycles. The van der Waals surface area contributed by atoms with Crippen LogP contribution in [0.4, 0.5) is 10.7 Å². The Hall–Kier alpha value is -2.15. The summed E-state index contributed by atoms with van der Waals surface area (Å²) in [5.74, 6) is 0.534. The molecule has 0 bridgehead atoms.